The number of anilines is 1. The summed E-state index contributed by atoms with van der Waals surface area (Å²) in [6.07, 6.45) is 5.60. The molecule has 1 saturated heterocycles. The highest BCUT2D eigenvalue weighted by molar-refractivity contribution is 5.95. The largest absolute Gasteiger partial charge is 0.490 e. The first-order valence-corrected chi connectivity index (χ1v) is 7.98. The van der Waals surface area contributed by atoms with Crippen LogP contribution < -0.4 is 15.4 Å². The van der Waals surface area contributed by atoms with Crippen LogP contribution >= 0.6 is 0 Å². The molecular weight excluding hydrogens is 298 g/mol. The minimum Gasteiger partial charge on any atom is -0.490 e. The van der Waals surface area contributed by atoms with Gasteiger partial charge in [-0.25, -0.2) is 0 Å². The first-order valence-electron chi connectivity index (χ1n) is 7.98. The minimum absolute atomic E-state index is 0.126. The number of ether oxygens (including phenoxy) is 1. The zero-order chi connectivity index (χ0) is 16.4. The normalized spacial score (nSPS) is 26.4. The molecule has 2 fully saturated rings. The Labute approximate surface area is 134 Å². The topological polar surface area (TPSA) is 93.5 Å². The number of fused-ring (bicyclic) bond motifs is 1. The molecule has 1 aliphatic carbocycles. The Bertz CT molecular complexity index is 605. The summed E-state index contributed by atoms with van der Waals surface area (Å²) in [6.45, 7) is 0. The molecule has 2 N–H and O–H groups in total. The molecule has 1 aromatic rings. The number of amides is 1. The summed E-state index contributed by atoms with van der Waals surface area (Å²) in [5, 5.41) is 17.2. The third-order valence-corrected chi connectivity index (χ3v) is 4.82. The fourth-order valence-corrected chi connectivity index (χ4v) is 3.66. The molecule has 3 rings (SSSR count). The van der Waals surface area contributed by atoms with E-state index in [1.807, 2.05) is 0 Å². The van der Waals surface area contributed by atoms with Crippen molar-refractivity contribution in [3.8, 4) is 5.75 Å². The van der Waals surface area contributed by atoms with E-state index in [4.69, 9.17) is 4.74 Å². The maximum absolute atomic E-state index is 12.4. The van der Waals surface area contributed by atoms with Crippen LogP contribution in [-0.4, -0.2) is 30.0 Å². The van der Waals surface area contributed by atoms with E-state index < -0.39 is 4.92 Å². The molecule has 0 radical (unpaired) electrons. The Kier molecular flexibility index (Phi) is 4.47. The third-order valence-electron chi connectivity index (χ3n) is 4.82. The predicted molar refractivity (Wildman–Crippen MR) is 85.6 cm³/mol. The molecule has 1 heterocycles. The van der Waals surface area contributed by atoms with Crippen LogP contribution in [0.3, 0.4) is 0 Å². The lowest BCUT2D eigenvalue weighted by molar-refractivity contribution is -0.385. The van der Waals surface area contributed by atoms with Crippen molar-refractivity contribution in [2.24, 2.45) is 5.92 Å². The second-order valence-corrected chi connectivity index (χ2v) is 6.24. The molecule has 0 bridgehead atoms. The van der Waals surface area contributed by atoms with Crippen molar-refractivity contribution in [1.82, 2.24) is 5.32 Å². The van der Waals surface area contributed by atoms with Crippen LogP contribution in [0.2, 0.25) is 0 Å². The van der Waals surface area contributed by atoms with Crippen molar-refractivity contribution >= 4 is 17.3 Å². The van der Waals surface area contributed by atoms with Crippen LogP contribution in [0.25, 0.3) is 0 Å². The highest BCUT2D eigenvalue weighted by atomic mass is 16.6. The van der Waals surface area contributed by atoms with E-state index in [-0.39, 0.29) is 23.4 Å². The van der Waals surface area contributed by atoms with Crippen LogP contribution in [0.15, 0.2) is 18.2 Å². The molecule has 0 spiro atoms. The van der Waals surface area contributed by atoms with Gasteiger partial charge in [0.15, 0.2) is 5.75 Å². The molecule has 1 aliphatic heterocycles. The summed E-state index contributed by atoms with van der Waals surface area (Å²) in [4.78, 5) is 22.9. The number of nitrogens with zero attached hydrogens (tertiary/aromatic N) is 1. The van der Waals surface area contributed by atoms with Gasteiger partial charge in [0, 0.05) is 17.8 Å². The van der Waals surface area contributed by atoms with E-state index in [1.165, 1.54) is 38.5 Å². The van der Waals surface area contributed by atoms with Gasteiger partial charge < -0.3 is 15.4 Å². The van der Waals surface area contributed by atoms with E-state index in [0.717, 1.165) is 12.8 Å². The molecule has 2 aliphatic rings. The summed E-state index contributed by atoms with van der Waals surface area (Å²) >= 11 is 0. The van der Waals surface area contributed by atoms with Crippen LogP contribution in [0.1, 0.15) is 32.1 Å². The summed E-state index contributed by atoms with van der Waals surface area (Å²) in [6, 6.07) is 4.66. The molecular formula is C16H21N3O4. The molecule has 3 atom stereocenters. The fourth-order valence-electron chi connectivity index (χ4n) is 3.66. The number of carbonyl (C=O) groups excluding carboxylic acids is 1. The molecule has 0 aromatic heterocycles. The number of nitro groups is 1. The SMILES string of the molecule is COc1ccc(NC(=O)C2CC3CCCCC3N2)cc1[N+](=O)[O-]. The summed E-state index contributed by atoms with van der Waals surface area (Å²) in [5.74, 6) is 0.626. The zero-order valence-electron chi connectivity index (χ0n) is 13.1. The monoisotopic (exact) mass is 319 g/mol. The van der Waals surface area contributed by atoms with Gasteiger partial charge in [0.25, 0.3) is 0 Å². The quantitative estimate of drug-likeness (QED) is 0.657. The van der Waals surface area contributed by atoms with Gasteiger partial charge in [-0.05, 0) is 37.3 Å². The number of nitrogens with one attached hydrogen (secondary N) is 2. The number of hydrogen-bond acceptors (Lipinski definition) is 5. The van der Waals surface area contributed by atoms with E-state index in [9.17, 15) is 14.9 Å². The molecule has 124 valence electrons. The van der Waals surface area contributed by atoms with Crippen molar-refractivity contribution < 1.29 is 14.5 Å². The summed E-state index contributed by atoms with van der Waals surface area (Å²) in [7, 11) is 1.38. The Morgan fingerprint density at radius 1 is 1.39 bits per heavy atom. The number of methoxy groups -OCH3 is 1. The highest BCUT2D eigenvalue weighted by Gasteiger charge is 2.38. The smallest absolute Gasteiger partial charge is 0.312 e. The fraction of sp³-hybridized carbons (Fsp3) is 0.562. The maximum atomic E-state index is 12.4. The van der Waals surface area contributed by atoms with Gasteiger partial charge in [-0.3, -0.25) is 14.9 Å². The van der Waals surface area contributed by atoms with Gasteiger partial charge in [-0.15, -0.1) is 0 Å². The average molecular weight is 319 g/mol. The highest BCUT2D eigenvalue weighted by Crippen LogP contribution is 2.34. The van der Waals surface area contributed by atoms with Gasteiger partial charge in [0.1, 0.15) is 0 Å². The third kappa shape index (κ3) is 3.29. The van der Waals surface area contributed by atoms with E-state index in [1.54, 1.807) is 6.07 Å². The van der Waals surface area contributed by atoms with E-state index in [2.05, 4.69) is 10.6 Å². The predicted octanol–water partition coefficient (Wildman–Crippen LogP) is 2.46. The molecule has 3 unspecified atom stereocenters. The van der Waals surface area contributed by atoms with Crippen LogP contribution in [0, 0.1) is 16.0 Å². The van der Waals surface area contributed by atoms with E-state index >= 15 is 0 Å². The van der Waals surface area contributed by atoms with Crippen molar-refractivity contribution in [3.05, 3.63) is 28.3 Å². The van der Waals surface area contributed by atoms with E-state index in [0.29, 0.717) is 17.6 Å². The number of nitro benzene ring substituents is 1. The van der Waals surface area contributed by atoms with Gasteiger partial charge in [0.05, 0.1) is 18.1 Å². The van der Waals surface area contributed by atoms with Gasteiger partial charge >= 0.3 is 5.69 Å². The molecule has 7 nitrogen and oxygen atoms in total. The summed E-state index contributed by atoms with van der Waals surface area (Å²) in [5.41, 5.74) is 0.262. The molecule has 7 heteroatoms. The van der Waals surface area contributed by atoms with Crippen molar-refractivity contribution in [2.75, 3.05) is 12.4 Å². The van der Waals surface area contributed by atoms with Crippen LogP contribution in [0.5, 0.6) is 5.75 Å². The van der Waals surface area contributed by atoms with Crippen LogP contribution in [0.4, 0.5) is 11.4 Å². The maximum Gasteiger partial charge on any atom is 0.312 e. The second kappa shape index (κ2) is 6.54. The molecule has 1 saturated carbocycles. The van der Waals surface area contributed by atoms with Crippen molar-refractivity contribution in [3.63, 3.8) is 0 Å². The number of hydrogen-bond donors (Lipinski definition) is 2. The first kappa shape index (κ1) is 15.7. The van der Waals surface area contributed by atoms with Crippen LogP contribution in [-0.2, 0) is 4.79 Å². The zero-order valence-corrected chi connectivity index (χ0v) is 13.1. The van der Waals surface area contributed by atoms with Crippen molar-refractivity contribution in [1.29, 1.82) is 0 Å². The minimum atomic E-state index is -0.517. The lowest BCUT2D eigenvalue weighted by atomic mass is 9.85. The first-order chi connectivity index (χ1) is 11.1. The standard InChI is InChI=1S/C16H21N3O4/c1-23-15-7-6-11(9-14(15)19(21)22)17-16(20)13-8-10-4-2-3-5-12(10)18-13/h6-7,9-10,12-13,18H,2-5,8H2,1H3,(H,17,20). The Morgan fingerprint density at radius 2 is 2.17 bits per heavy atom. The van der Waals surface area contributed by atoms with Gasteiger partial charge in [-0.2, -0.15) is 0 Å². The molecule has 1 amide bonds. The second-order valence-electron chi connectivity index (χ2n) is 6.24. The number of carbonyl (C=O) groups is 1. The average Bonchev–Trinajstić information content (AvgIpc) is 2.99. The Hall–Kier alpha value is -2.15. The Morgan fingerprint density at radius 3 is 2.87 bits per heavy atom. The summed E-state index contributed by atoms with van der Waals surface area (Å²) < 4.78 is 4.96. The van der Waals surface area contributed by atoms with Crippen molar-refractivity contribution in [2.45, 2.75) is 44.2 Å². The van der Waals surface area contributed by atoms with Gasteiger partial charge in [0.2, 0.25) is 5.91 Å². The van der Waals surface area contributed by atoms with Gasteiger partial charge in [-0.1, -0.05) is 12.8 Å². The molecule has 1 aromatic carbocycles. The Balaban J connectivity index is 1.68. The lowest BCUT2D eigenvalue weighted by Gasteiger charge is -2.24. The number of rotatable bonds is 4. The lowest BCUT2D eigenvalue weighted by Crippen LogP contribution is -2.39. The number of benzene rings is 1. The molecule has 23 heavy (non-hydrogen) atoms.